The zero-order chi connectivity index (χ0) is 21.7. The predicted molar refractivity (Wildman–Crippen MR) is 121 cm³/mol. The van der Waals surface area contributed by atoms with Gasteiger partial charge >= 0.3 is 0 Å². The summed E-state index contributed by atoms with van der Waals surface area (Å²) in [5.41, 5.74) is 2.47. The molecule has 1 aliphatic rings. The topological polar surface area (TPSA) is 95.1 Å². The monoisotopic (exact) mass is 411 g/mol. The summed E-state index contributed by atoms with van der Waals surface area (Å²) in [6.07, 6.45) is 1.45. The van der Waals surface area contributed by atoms with Crippen molar-refractivity contribution in [3.05, 3.63) is 29.6 Å². The standard InChI is InChI=1S/C22H33N7O/c1-6-29(7-2)12-8-11-23-20-26-19(22(3,4)5)27-21(28-20)24-16-10-9-15-13-18(30)25-17(15)14-16/h9-10,14H,6-8,11-13H2,1-5H3,(H,25,30)(H2,23,24,26,27,28). The molecule has 0 aliphatic carbocycles. The molecular weight excluding hydrogens is 378 g/mol. The van der Waals surface area contributed by atoms with Crippen molar-refractivity contribution in [1.82, 2.24) is 19.9 Å². The molecular formula is C22H33N7O. The molecule has 2 aromatic rings. The minimum Gasteiger partial charge on any atom is -0.354 e. The van der Waals surface area contributed by atoms with E-state index in [1.165, 1.54) is 0 Å². The minimum absolute atomic E-state index is 0.0218. The van der Waals surface area contributed by atoms with E-state index in [2.05, 4.69) is 70.4 Å². The number of hydrogen-bond donors (Lipinski definition) is 3. The van der Waals surface area contributed by atoms with Crippen LogP contribution < -0.4 is 16.0 Å². The number of nitrogens with one attached hydrogen (secondary N) is 3. The third-order valence-electron chi connectivity index (χ3n) is 5.13. The highest BCUT2D eigenvalue weighted by Gasteiger charge is 2.21. The number of anilines is 4. The highest BCUT2D eigenvalue weighted by atomic mass is 16.1. The molecule has 0 spiro atoms. The summed E-state index contributed by atoms with van der Waals surface area (Å²) in [5, 5.41) is 9.49. The van der Waals surface area contributed by atoms with Gasteiger partial charge in [0.25, 0.3) is 0 Å². The maximum Gasteiger partial charge on any atom is 0.232 e. The van der Waals surface area contributed by atoms with Crippen LogP contribution in [0.3, 0.4) is 0 Å². The summed E-state index contributed by atoms with van der Waals surface area (Å²) in [7, 11) is 0. The zero-order valence-electron chi connectivity index (χ0n) is 18.7. The summed E-state index contributed by atoms with van der Waals surface area (Å²) < 4.78 is 0. The number of benzene rings is 1. The van der Waals surface area contributed by atoms with Crippen molar-refractivity contribution in [3.8, 4) is 0 Å². The van der Waals surface area contributed by atoms with E-state index in [1.54, 1.807) is 0 Å². The number of rotatable bonds is 9. The van der Waals surface area contributed by atoms with E-state index in [0.717, 1.165) is 55.4 Å². The Labute approximate surface area is 178 Å². The van der Waals surface area contributed by atoms with Crippen molar-refractivity contribution in [2.75, 3.05) is 42.1 Å². The lowest BCUT2D eigenvalue weighted by Gasteiger charge is -2.20. The molecule has 3 N–H and O–H groups in total. The van der Waals surface area contributed by atoms with Crippen molar-refractivity contribution in [1.29, 1.82) is 0 Å². The molecule has 0 bridgehead atoms. The van der Waals surface area contributed by atoms with Crippen LogP contribution in [0.15, 0.2) is 18.2 Å². The van der Waals surface area contributed by atoms with Crippen LogP contribution in [-0.2, 0) is 16.6 Å². The summed E-state index contributed by atoms with van der Waals surface area (Å²) >= 11 is 0. The van der Waals surface area contributed by atoms with Gasteiger partial charge in [-0.05, 0) is 43.8 Å². The van der Waals surface area contributed by atoms with Crippen molar-refractivity contribution in [2.24, 2.45) is 0 Å². The number of amides is 1. The van der Waals surface area contributed by atoms with Gasteiger partial charge in [-0.15, -0.1) is 0 Å². The van der Waals surface area contributed by atoms with Crippen LogP contribution in [0.5, 0.6) is 0 Å². The maximum absolute atomic E-state index is 11.6. The van der Waals surface area contributed by atoms with Crippen LogP contribution in [0.25, 0.3) is 0 Å². The summed E-state index contributed by atoms with van der Waals surface area (Å²) in [6, 6.07) is 5.81. The number of carbonyl (C=O) groups excluding carboxylic acids is 1. The second-order valence-electron chi connectivity index (χ2n) is 8.59. The van der Waals surface area contributed by atoms with Gasteiger partial charge in [-0.2, -0.15) is 15.0 Å². The molecule has 1 aliphatic heterocycles. The van der Waals surface area contributed by atoms with Crippen LogP contribution in [0, 0.1) is 0 Å². The molecule has 0 saturated heterocycles. The number of fused-ring (bicyclic) bond motifs is 1. The molecule has 0 fully saturated rings. The van der Waals surface area contributed by atoms with Gasteiger partial charge in [-0.3, -0.25) is 4.79 Å². The Morgan fingerprint density at radius 3 is 2.53 bits per heavy atom. The Balaban J connectivity index is 1.73. The van der Waals surface area contributed by atoms with Crippen molar-refractivity contribution in [2.45, 2.75) is 52.9 Å². The van der Waals surface area contributed by atoms with Gasteiger partial charge < -0.3 is 20.9 Å². The molecule has 8 heteroatoms. The molecule has 1 aromatic heterocycles. The van der Waals surface area contributed by atoms with Gasteiger partial charge in [0.1, 0.15) is 5.82 Å². The van der Waals surface area contributed by atoms with E-state index in [4.69, 9.17) is 0 Å². The van der Waals surface area contributed by atoms with Gasteiger partial charge in [0.15, 0.2) is 0 Å². The molecule has 1 aromatic carbocycles. The molecule has 1 amide bonds. The van der Waals surface area contributed by atoms with Gasteiger partial charge in [-0.25, -0.2) is 0 Å². The number of nitrogens with zero attached hydrogens (tertiary/aromatic N) is 4. The van der Waals surface area contributed by atoms with E-state index in [0.29, 0.717) is 18.3 Å². The van der Waals surface area contributed by atoms with Crippen LogP contribution in [-0.4, -0.2) is 51.9 Å². The lowest BCUT2D eigenvalue weighted by Crippen LogP contribution is -2.26. The van der Waals surface area contributed by atoms with Crippen LogP contribution in [0.1, 0.15) is 52.4 Å². The van der Waals surface area contributed by atoms with E-state index in [1.807, 2.05) is 18.2 Å². The molecule has 2 heterocycles. The number of hydrogen-bond acceptors (Lipinski definition) is 7. The Bertz CT molecular complexity index is 888. The first-order chi connectivity index (χ1) is 14.3. The van der Waals surface area contributed by atoms with Crippen LogP contribution >= 0.6 is 0 Å². The lowest BCUT2D eigenvalue weighted by atomic mass is 9.96. The molecule has 30 heavy (non-hydrogen) atoms. The summed E-state index contributed by atoms with van der Waals surface area (Å²) in [5.74, 6) is 1.81. The van der Waals surface area contributed by atoms with Gasteiger partial charge in [-0.1, -0.05) is 40.7 Å². The Morgan fingerprint density at radius 1 is 1.10 bits per heavy atom. The predicted octanol–water partition coefficient (Wildman–Crippen LogP) is 3.55. The first kappa shape index (κ1) is 22.0. The molecule has 0 unspecified atom stereocenters. The Hall–Kier alpha value is -2.74. The average Bonchev–Trinajstić information content (AvgIpc) is 3.06. The molecule has 8 nitrogen and oxygen atoms in total. The van der Waals surface area contributed by atoms with Crippen LogP contribution in [0.2, 0.25) is 0 Å². The largest absolute Gasteiger partial charge is 0.354 e. The van der Waals surface area contributed by atoms with Crippen molar-refractivity contribution < 1.29 is 4.79 Å². The fraction of sp³-hybridized carbons (Fsp3) is 0.545. The third-order valence-corrected chi connectivity index (χ3v) is 5.13. The average molecular weight is 412 g/mol. The van der Waals surface area contributed by atoms with E-state index in [9.17, 15) is 4.79 Å². The smallest absolute Gasteiger partial charge is 0.232 e. The van der Waals surface area contributed by atoms with E-state index < -0.39 is 0 Å². The Kier molecular flexibility index (Phi) is 6.87. The fourth-order valence-corrected chi connectivity index (χ4v) is 3.31. The fourth-order valence-electron chi connectivity index (χ4n) is 3.31. The molecule has 162 valence electrons. The number of aromatic nitrogens is 3. The molecule has 3 rings (SSSR count). The van der Waals surface area contributed by atoms with Gasteiger partial charge in [0.05, 0.1) is 6.42 Å². The first-order valence-corrected chi connectivity index (χ1v) is 10.7. The quantitative estimate of drug-likeness (QED) is 0.543. The summed E-state index contributed by atoms with van der Waals surface area (Å²) in [4.78, 5) is 27.8. The molecule has 0 atom stereocenters. The minimum atomic E-state index is -0.205. The molecule has 0 radical (unpaired) electrons. The maximum atomic E-state index is 11.6. The first-order valence-electron chi connectivity index (χ1n) is 10.7. The zero-order valence-corrected chi connectivity index (χ0v) is 18.7. The second-order valence-corrected chi connectivity index (χ2v) is 8.59. The van der Waals surface area contributed by atoms with Gasteiger partial charge in [0.2, 0.25) is 17.8 Å². The van der Waals surface area contributed by atoms with Crippen LogP contribution in [0.4, 0.5) is 23.3 Å². The lowest BCUT2D eigenvalue weighted by molar-refractivity contribution is -0.115. The summed E-state index contributed by atoms with van der Waals surface area (Å²) in [6.45, 7) is 14.6. The third kappa shape index (κ3) is 5.66. The highest BCUT2D eigenvalue weighted by molar-refractivity contribution is 5.99. The SMILES string of the molecule is CCN(CC)CCCNc1nc(Nc2ccc3c(c2)NC(=O)C3)nc(C(C)(C)C)n1. The Morgan fingerprint density at radius 2 is 1.83 bits per heavy atom. The molecule has 0 saturated carbocycles. The second kappa shape index (κ2) is 9.38. The van der Waals surface area contributed by atoms with E-state index >= 15 is 0 Å². The highest BCUT2D eigenvalue weighted by Crippen LogP contribution is 2.28. The van der Waals surface area contributed by atoms with Gasteiger partial charge in [0, 0.05) is 23.3 Å². The van der Waals surface area contributed by atoms with Crippen molar-refractivity contribution >= 4 is 29.2 Å². The van der Waals surface area contributed by atoms with E-state index in [-0.39, 0.29) is 11.3 Å². The normalized spacial score (nSPS) is 13.3. The number of carbonyl (C=O) groups is 1. The van der Waals surface area contributed by atoms with Crippen molar-refractivity contribution in [3.63, 3.8) is 0 Å².